The van der Waals surface area contributed by atoms with Crippen LogP contribution in [0.1, 0.15) is 13.3 Å². The van der Waals surface area contributed by atoms with Gasteiger partial charge in [0.1, 0.15) is 0 Å². The molecule has 0 aliphatic rings. The van der Waals surface area contributed by atoms with Gasteiger partial charge in [-0.15, -0.1) is 0 Å². The molecule has 0 unspecified atom stereocenters. The van der Waals surface area contributed by atoms with Crippen molar-refractivity contribution in [2.24, 2.45) is 0 Å². The first-order chi connectivity index (χ1) is 1.41. The second-order valence-corrected chi connectivity index (χ2v) is 0.500. The van der Waals surface area contributed by atoms with Crippen LogP contribution in [0.3, 0.4) is 0 Å². The maximum atomic E-state index is 3.49. The topological polar surface area (TPSA) is 63.0 Å². The van der Waals surface area contributed by atoms with E-state index in [1.54, 1.807) is 0 Å². The smallest absolute Gasteiger partial charge is 0 e. The molecule has 6 heavy (non-hydrogen) atoms. The van der Waals surface area contributed by atoms with Crippen molar-refractivity contribution in [2.75, 3.05) is 0 Å². The number of rotatable bonds is 0. The van der Waals surface area contributed by atoms with Gasteiger partial charge < -0.3 is 17.9 Å². The Labute approximate surface area is 53.4 Å². The molecule has 0 aromatic carbocycles. The summed E-state index contributed by atoms with van der Waals surface area (Å²) in [5, 5.41) is 0. The zero-order valence-corrected chi connectivity index (χ0v) is 5.48. The molecular formula is C3H11O2Ti-. The molecule has 0 amide bonds. The van der Waals surface area contributed by atoms with Crippen LogP contribution in [0.5, 0.6) is 0 Å². The Morgan fingerprint density at radius 2 is 1.33 bits per heavy atom. The van der Waals surface area contributed by atoms with Gasteiger partial charge in [0.25, 0.3) is 0 Å². The Kier molecular flexibility index (Phi) is 229. The first-order valence-electron chi connectivity index (χ1n) is 1.21. The second-order valence-electron chi connectivity index (χ2n) is 0.500. The van der Waals surface area contributed by atoms with Crippen LogP contribution < -0.4 is 0 Å². The molecule has 0 aromatic heterocycles. The fraction of sp³-hybridized carbons (Fsp3) is 0.667. The number of hydrogen-bond acceptors (Lipinski definition) is 0. The van der Waals surface area contributed by atoms with Crippen LogP contribution in [0.2, 0.25) is 0 Å². The molecule has 0 heterocycles. The molecule has 0 aliphatic carbocycles. The van der Waals surface area contributed by atoms with Gasteiger partial charge >= 0.3 is 0 Å². The minimum Gasteiger partial charge on any atom is -0.412 e. The van der Waals surface area contributed by atoms with Gasteiger partial charge in [0, 0.05) is 21.7 Å². The molecule has 0 fully saturated rings. The Morgan fingerprint density at radius 3 is 1.33 bits per heavy atom. The van der Waals surface area contributed by atoms with E-state index in [1.807, 2.05) is 6.92 Å². The summed E-state index contributed by atoms with van der Waals surface area (Å²) in [4.78, 5) is 0. The molecule has 3 heteroatoms. The average molecular weight is 127 g/mol. The molecule has 4 N–H and O–H groups in total. The summed E-state index contributed by atoms with van der Waals surface area (Å²) in [7, 11) is 0. The first kappa shape index (κ1) is 30.3. The molecule has 0 saturated heterocycles. The molecule has 0 spiro atoms. The zero-order chi connectivity index (χ0) is 2.71. The molecule has 0 bridgehead atoms. The number of hydrogen-bond donors (Lipinski definition) is 0. The van der Waals surface area contributed by atoms with Gasteiger partial charge in [0.2, 0.25) is 0 Å². The van der Waals surface area contributed by atoms with E-state index in [0.29, 0.717) is 0 Å². The van der Waals surface area contributed by atoms with Crippen molar-refractivity contribution in [3.8, 4) is 0 Å². The van der Waals surface area contributed by atoms with Gasteiger partial charge in [0.05, 0.1) is 0 Å². The summed E-state index contributed by atoms with van der Waals surface area (Å²) in [5.41, 5.74) is 0. The third-order valence-electron chi connectivity index (χ3n) is 0. The minimum absolute atomic E-state index is 0. The SMILES string of the molecule is O.O.[CH2-]CC.[Ti]. The minimum atomic E-state index is 0. The van der Waals surface area contributed by atoms with E-state index in [4.69, 9.17) is 0 Å². The van der Waals surface area contributed by atoms with Crippen LogP contribution >= 0.6 is 0 Å². The van der Waals surface area contributed by atoms with Crippen LogP contribution in [-0.4, -0.2) is 11.0 Å². The van der Waals surface area contributed by atoms with E-state index in [-0.39, 0.29) is 32.7 Å². The maximum Gasteiger partial charge on any atom is 0 e. The van der Waals surface area contributed by atoms with Crippen LogP contribution in [0.4, 0.5) is 0 Å². The van der Waals surface area contributed by atoms with Gasteiger partial charge in [0.15, 0.2) is 0 Å². The second kappa shape index (κ2) is 45.3. The summed E-state index contributed by atoms with van der Waals surface area (Å²) in [6, 6.07) is 0. The van der Waals surface area contributed by atoms with Crippen molar-refractivity contribution in [1.82, 2.24) is 0 Å². The quantitative estimate of drug-likeness (QED) is 0.313. The zero-order valence-electron chi connectivity index (χ0n) is 3.91. The monoisotopic (exact) mass is 127 g/mol. The molecule has 0 radical (unpaired) electrons. The third-order valence-corrected chi connectivity index (χ3v) is 0. The van der Waals surface area contributed by atoms with E-state index in [1.165, 1.54) is 0 Å². The molecule has 0 rings (SSSR count). The predicted molar refractivity (Wildman–Crippen MR) is 22.9 cm³/mol. The molecule has 0 aliphatic heterocycles. The van der Waals surface area contributed by atoms with E-state index < -0.39 is 0 Å². The summed E-state index contributed by atoms with van der Waals surface area (Å²) in [6.45, 7) is 5.50. The average Bonchev–Trinajstić information content (AvgIpc) is 0.918. The van der Waals surface area contributed by atoms with Crippen molar-refractivity contribution in [1.29, 1.82) is 0 Å². The molecule has 2 nitrogen and oxygen atoms in total. The predicted octanol–water partition coefficient (Wildman–Crippen LogP) is -0.421. The third kappa shape index (κ3) is 152. The summed E-state index contributed by atoms with van der Waals surface area (Å²) in [5.74, 6) is 0. The van der Waals surface area contributed by atoms with Gasteiger partial charge in [-0.1, -0.05) is 6.92 Å². The maximum absolute atomic E-state index is 3.49. The molecule has 0 aromatic rings. The fourth-order valence-corrected chi connectivity index (χ4v) is 0. The molecular weight excluding hydrogens is 116 g/mol. The van der Waals surface area contributed by atoms with Crippen LogP contribution in [0.25, 0.3) is 0 Å². The standard InChI is InChI=1S/C3H7.2H2O.Ti/c1-3-2;;;/h1,3H2,2H3;2*1H2;/q-1;;;. The molecule has 40 valence electrons. The normalized spacial score (nSPS) is 3.00. The Bertz CT molecular complexity index is 8.75. The Hall–Kier alpha value is 0.634. The molecule has 0 atom stereocenters. The fourth-order valence-electron chi connectivity index (χ4n) is 0. The van der Waals surface area contributed by atoms with E-state index in [2.05, 4.69) is 6.92 Å². The largest absolute Gasteiger partial charge is 0.412 e. The van der Waals surface area contributed by atoms with Crippen molar-refractivity contribution >= 4 is 0 Å². The Morgan fingerprint density at radius 1 is 1.33 bits per heavy atom. The molecule has 0 saturated carbocycles. The van der Waals surface area contributed by atoms with Gasteiger partial charge in [-0.2, -0.15) is 6.42 Å². The van der Waals surface area contributed by atoms with Crippen LogP contribution in [0.15, 0.2) is 0 Å². The summed E-state index contributed by atoms with van der Waals surface area (Å²) in [6.07, 6.45) is 1.00. The van der Waals surface area contributed by atoms with Crippen molar-refractivity contribution < 1.29 is 32.7 Å². The first-order valence-corrected chi connectivity index (χ1v) is 1.21. The van der Waals surface area contributed by atoms with Crippen molar-refractivity contribution in [3.63, 3.8) is 0 Å². The van der Waals surface area contributed by atoms with Crippen molar-refractivity contribution in [3.05, 3.63) is 6.92 Å². The Balaban J connectivity index is -0.00000000667. The van der Waals surface area contributed by atoms with Crippen LogP contribution in [-0.2, 0) is 21.7 Å². The van der Waals surface area contributed by atoms with Gasteiger partial charge in [-0.3, -0.25) is 0 Å². The van der Waals surface area contributed by atoms with Crippen molar-refractivity contribution in [2.45, 2.75) is 13.3 Å². The van der Waals surface area contributed by atoms with Gasteiger partial charge in [-0.05, 0) is 0 Å². The van der Waals surface area contributed by atoms with E-state index in [0.717, 1.165) is 6.42 Å². The van der Waals surface area contributed by atoms with E-state index in [9.17, 15) is 0 Å². The van der Waals surface area contributed by atoms with Gasteiger partial charge in [-0.25, -0.2) is 0 Å². The van der Waals surface area contributed by atoms with E-state index >= 15 is 0 Å². The summed E-state index contributed by atoms with van der Waals surface area (Å²) < 4.78 is 0. The summed E-state index contributed by atoms with van der Waals surface area (Å²) >= 11 is 0. The van der Waals surface area contributed by atoms with Crippen LogP contribution in [0, 0.1) is 6.92 Å².